The Balaban J connectivity index is 2.29. The number of likely N-dealkylation sites (tertiary alicyclic amines) is 1. The summed E-state index contributed by atoms with van der Waals surface area (Å²) in [5, 5.41) is 14.8. The quantitative estimate of drug-likeness (QED) is 0.669. The van der Waals surface area contributed by atoms with Crippen LogP contribution in [0.4, 0.5) is 5.69 Å². The van der Waals surface area contributed by atoms with E-state index >= 15 is 0 Å². The lowest BCUT2D eigenvalue weighted by Gasteiger charge is -2.39. The van der Waals surface area contributed by atoms with E-state index in [1.165, 1.54) is 0 Å². The molecule has 5 heteroatoms. The molecular formula is C16H25N3O2. The van der Waals surface area contributed by atoms with Crippen molar-refractivity contribution in [3.63, 3.8) is 0 Å². The number of hydrogen-bond donors (Lipinski definition) is 1. The predicted octanol–water partition coefficient (Wildman–Crippen LogP) is 2.98. The zero-order valence-electron chi connectivity index (χ0n) is 13.1. The molecule has 1 aliphatic heterocycles. The van der Waals surface area contributed by atoms with Gasteiger partial charge in [0.25, 0.3) is 5.69 Å². The summed E-state index contributed by atoms with van der Waals surface area (Å²) in [5.74, 6) is 0.409. The third-order valence-corrected chi connectivity index (χ3v) is 4.25. The monoisotopic (exact) mass is 291 g/mol. The number of hydrogen-bond acceptors (Lipinski definition) is 4. The molecule has 116 valence electrons. The molecule has 0 aliphatic carbocycles. The van der Waals surface area contributed by atoms with Crippen molar-refractivity contribution in [2.75, 3.05) is 20.1 Å². The van der Waals surface area contributed by atoms with Crippen LogP contribution in [-0.2, 0) is 0 Å². The number of nitrogens with one attached hydrogen (secondary N) is 1. The van der Waals surface area contributed by atoms with Crippen molar-refractivity contribution in [3.8, 4) is 0 Å². The molecule has 1 heterocycles. The lowest BCUT2D eigenvalue weighted by atomic mass is 9.84. The Morgan fingerprint density at radius 2 is 2.14 bits per heavy atom. The van der Waals surface area contributed by atoms with Gasteiger partial charge in [0.2, 0.25) is 0 Å². The van der Waals surface area contributed by atoms with Gasteiger partial charge in [-0.05, 0) is 32.4 Å². The third-order valence-electron chi connectivity index (χ3n) is 4.25. The lowest BCUT2D eigenvalue weighted by molar-refractivity contribution is -0.386. The standard InChI is InChI=1S/C16H25N3O2/c1-12(2)17-11-13-7-6-10-18(3)16(13)14-8-4-5-9-15(14)19(20)21/h4-5,8-9,12-13,16-17H,6-7,10-11H2,1-3H3. The molecule has 0 saturated carbocycles. The van der Waals surface area contributed by atoms with Crippen LogP contribution in [0, 0.1) is 16.0 Å². The molecule has 1 saturated heterocycles. The number of nitro groups is 1. The smallest absolute Gasteiger partial charge is 0.274 e. The molecule has 2 rings (SSSR count). The van der Waals surface area contributed by atoms with Crippen LogP contribution in [0.25, 0.3) is 0 Å². The largest absolute Gasteiger partial charge is 0.314 e. The summed E-state index contributed by atoms with van der Waals surface area (Å²) in [5.41, 5.74) is 1.09. The van der Waals surface area contributed by atoms with Crippen LogP contribution in [0.3, 0.4) is 0 Å². The van der Waals surface area contributed by atoms with E-state index in [-0.39, 0.29) is 16.7 Å². The van der Waals surface area contributed by atoms with E-state index < -0.39 is 0 Å². The summed E-state index contributed by atoms with van der Waals surface area (Å²) >= 11 is 0. The molecule has 0 amide bonds. The van der Waals surface area contributed by atoms with E-state index in [1.807, 2.05) is 12.1 Å². The first-order valence-corrected chi connectivity index (χ1v) is 7.67. The van der Waals surface area contributed by atoms with Gasteiger partial charge in [0.05, 0.1) is 4.92 Å². The average Bonchev–Trinajstić information content (AvgIpc) is 2.45. The fraction of sp³-hybridized carbons (Fsp3) is 0.625. The maximum absolute atomic E-state index is 11.3. The van der Waals surface area contributed by atoms with Gasteiger partial charge in [-0.15, -0.1) is 0 Å². The van der Waals surface area contributed by atoms with Crippen molar-refractivity contribution in [2.45, 2.75) is 38.8 Å². The van der Waals surface area contributed by atoms with E-state index in [4.69, 9.17) is 0 Å². The Hall–Kier alpha value is -1.46. The number of piperidine rings is 1. The highest BCUT2D eigenvalue weighted by atomic mass is 16.6. The Morgan fingerprint density at radius 1 is 1.43 bits per heavy atom. The Labute approximate surface area is 126 Å². The van der Waals surface area contributed by atoms with E-state index in [0.717, 1.165) is 31.5 Å². The van der Waals surface area contributed by atoms with Gasteiger partial charge in [-0.3, -0.25) is 15.0 Å². The van der Waals surface area contributed by atoms with Crippen LogP contribution in [0.2, 0.25) is 0 Å². The maximum Gasteiger partial charge on any atom is 0.274 e. The van der Waals surface area contributed by atoms with E-state index in [1.54, 1.807) is 12.1 Å². The van der Waals surface area contributed by atoms with Crippen molar-refractivity contribution in [3.05, 3.63) is 39.9 Å². The van der Waals surface area contributed by atoms with Crippen LogP contribution in [0.1, 0.15) is 38.3 Å². The molecule has 0 bridgehead atoms. The molecule has 1 aromatic carbocycles. The van der Waals surface area contributed by atoms with Crippen LogP contribution in [-0.4, -0.2) is 36.0 Å². The highest BCUT2D eigenvalue weighted by Crippen LogP contribution is 2.38. The first kappa shape index (κ1) is 15.9. The summed E-state index contributed by atoms with van der Waals surface area (Å²) in [4.78, 5) is 13.3. The topological polar surface area (TPSA) is 58.4 Å². The fourth-order valence-corrected chi connectivity index (χ4v) is 3.26. The molecule has 5 nitrogen and oxygen atoms in total. The molecule has 1 aliphatic rings. The summed E-state index contributed by atoms with van der Waals surface area (Å²) in [6.45, 7) is 6.16. The summed E-state index contributed by atoms with van der Waals surface area (Å²) in [6, 6.07) is 7.72. The highest BCUT2D eigenvalue weighted by molar-refractivity contribution is 5.42. The van der Waals surface area contributed by atoms with Gasteiger partial charge in [-0.2, -0.15) is 0 Å². The SMILES string of the molecule is CC(C)NCC1CCCN(C)C1c1ccccc1[N+](=O)[O-]. The first-order chi connectivity index (χ1) is 10.0. The molecule has 21 heavy (non-hydrogen) atoms. The fourth-order valence-electron chi connectivity index (χ4n) is 3.26. The summed E-state index contributed by atoms with van der Waals surface area (Å²) < 4.78 is 0. The van der Waals surface area contributed by atoms with Crippen molar-refractivity contribution < 1.29 is 4.92 Å². The minimum absolute atomic E-state index is 0.117. The van der Waals surface area contributed by atoms with Crippen LogP contribution in [0.5, 0.6) is 0 Å². The van der Waals surface area contributed by atoms with Crippen molar-refractivity contribution in [2.24, 2.45) is 5.92 Å². The molecule has 0 spiro atoms. The number of benzene rings is 1. The number of rotatable bonds is 5. The zero-order chi connectivity index (χ0) is 15.4. The Bertz CT molecular complexity index is 490. The first-order valence-electron chi connectivity index (χ1n) is 7.67. The van der Waals surface area contributed by atoms with Gasteiger partial charge >= 0.3 is 0 Å². The highest BCUT2D eigenvalue weighted by Gasteiger charge is 2.34. The molecular weight excluding hydrogens is 266 g/mol. The molecule has 1 fully saturated rings. The minimum Gasteiger partial charge on any atom is -0.314 e. The second-order valence-electron chi connectivity index (χ2n) is 6.21. The number of para-hydroxylation sites is 1. The van der Waals surface area contributed by atoms with Gasteiger partial charge in [-0.25, -0.2) is 0 Å². The average molecular weight is 291 g/mol. The summed E-state index contributed by atoms with van der Waals surface area (Å²) in [7, 11) is 2.07. The predicted molar refractivity (Wildman–Crippen MR) is 84.3 cm³/mol. The van der Waals surface area contributed by atoms with E-state index in [0.29, 0.717) is 12.0 Å². The molecule has 2 unspecified atom stereocenters. The van der Waals surface area contributed by atoms with E-state index in [2.05, 4.69) is 31.1 Å². The molecule has 0 aromatic heterocycles. The van der Waals surface area contributed by atoms with E-state index in [9.17, 15) is 10.1 Å². The van der Waals surface area contributed by atoms with Gasteiger partial charge in [-0.1, -0.05) is 32.0 Å². The molecule has 0 radical (unpaired) electrons. The molecule has 1 aromatic rings. The molecule has 1 N–H and O–H groups in total. The second-order valence-corrected chi connectivity index (χ2v) is 6.21. The van der Waals surface area contributed by atoms with Crippen LogP contribution >= 0.6 is 0 Å². The minimum atomic E-state index is -0.259. The number of nitro benzene ring substituents is 1. The normalized spacial score (nSPS) is 23.4. The van der Waals surface area contributed by atoms with Gasteiger partial charge in [0, 0.05) is 30.3 Å². The third kappa shape index (κ3) is 3.80. The Kier molecular flexibility index (Phi) is 5.31. The van der Waals surface area contributed by atoms with Gasteiger partial charge in [0.1, 0.15) is 0 Å². The summed E-state index contributed by atoms with van der Waals surface area (Å²) in [6.07, 6.45) is 2.26. The van der Waals surface area contributed by atoms with Gasteiger partial charge in [0.15, 0.2) is 0 Å². The van der Waals surface area contributed by atoms with Crippen molar-refractivity contribution in [1.29, 1.82) is 0 Å². The van der Waals surface area contributed by atoms with Crippen LogP contribution < -0.4 is 5.32 Å². The zero-order valence-corrected chi connectivity index (χ0v) is 13.1. The van der Waals surface area contributed by atoms with Crippen LogP contribution in [0.15, 0.2) is 24.3 Å². The Morgan fingerprint density at radius 3 is 2.81 bits per heavy atom. The second kappa shape index (κ2) is 7.00. The van der Waals surface area contributed by atoms with Gasteiger partial charge < -0.3 is 5.32 Å². The number of nitrogens with zero attached hydrogens (tertiary/aromatic N) is 2. The lowest BCUT2D eigenvalue weighted by Crippen LogP contribution is -2.42. The maximum atomic E-state index is 11.3. The van der Waals surface area contributed by atoms with Crippen molar-refractivity contribution in [1.82, 2.24) is 10.2 Å². The molecule has 2 atom stereocenters. The van der Waals surface area contributed by atoms with Crippen molar-refractivity contribution >= 4 is 5.69 Å².